The van der Waals surface area contributed by atoms with Crippen LogP contribution in [0.4, 0.5) is 0 Å². The summed E-state index contributed by atoms with van der Waals surface area (Å²) in [6.07, 6.45) is 4.44. The molecule has 0 atom stereocenters. The third-order valence-electron chi connectivity index (χ3n) is 3.90. The Morgan fingerprint density at radius 2 is 2.20 bits per heavy atom. The molecule has 1 amide bonds. The summed E-state index contributed by atoms with van der Waals surface area (Å²) in [6, 6.07) is 9.17. The summed E-state index contributed by atoms with van der Waals surface area (Å²) in [5, 5.41) is 14.0. The molecule has 1 aliphatic heterocycles. The van der Waals surface area contributed by atoms with Crippen LogP contribution >= 0.6 is 0 Å². The van der Waals surface area contributed by atoms with Crippen LogP contribution in [0.15, 0.2) is 42.7 Å². The highest BCUT2D eigenvalue weighted by Gasteiger charge is 2.16. The average Bonchev–Trinajstić information content (AvgIpc) is 3.39. The van der Waals surface area contributed by atoms with Crippen molar-refractivity contribution in [3.8, 4) is 22.8 Å². The first-order valence-electron chi connectivity index (χ1n) is 8.01. The van der Waals surface area contributed by atoms with Gasteiger partial charge in [-0.1, -0.05) is 0 Å². The van der Waals surface area contributed by atoms with Crippen molar-refractivity contribution in [2.24, 2.45) is 0 Å². The zero-order valence-electron chi connectivity index (χ0n) is 13.4. The summed E-state index contributed by atoms with van der Waals surface area (Å²) in [6.45, 7) is 1.56. The van der Waals surface area contributed by atoms with Crippen molar-refractivity contribution in [1.29, 1.82) is 0 Å². The molecule has 0 spiro atoms. The molecule has 1 aromatic carbocycles. The molecular weight excluding hydrogens is 322 g/mol. The van der Waals surface area contributed by atoms with Crippen molar-refractivity contribution in [2.75, 3.05) is 13.3 Å². The van der Waals surface area contributed by atoms with Crippen LogP contribution in [-0.2, 0) is 6.54 Å². The Labute approximate surface area is 143 Å². The maximum Gasteiger partial charge on any atom is 0.269 e. The van der Waals surface area contributed by atoms with Crippen LogP contribution in [0, 0.1) is 0 Å². The van der Waals surface area contributed by atoms with E-state index in [0.717, 1.165) is 24.3 Å². The number of hydrogen-bond donors (Lipinski definition) is 2. The fraction of sp³-hybridized carbons (Fsp3) is 0.235. The van der Waals surface area contributed by atoms with Gasteiger partial charge < -0.3 is 14.8 Å². The Kier molecular flexibility index (Phi) is 4.07. The maximum atomic E-state index is 12.2. The highest BCUT2D eigenvalue weighted by molar-refractivity contribution is 5.93. The van der Waals surface area contributed by atoms with Crippen LogP contribution in [-0.4, -0.2) is 39.2 Å². The van der Waals surface area contributed by atoms with Crippen molar-refractivity contribution in [3.05, 3.63) is 48.4 Å². The molecular formula is C17H17N5O3. The minimum absolute atomic E-state index is 0.181. The van der Waals surface area contributed by atoms with Gasteiger partial charge >= 0.3 is 0 Å². The van der Waals surface area contributed by atoms with Crippen molar-refractivity contribution in [2.45, 2.75) is 13.0 Å². The van der Waals surface area contributed by atoms with Crippen molar-refractivity contribution in [3.63, 3.8) is 0 Å². The number of benzene rings is 1. The molecule has 3 aromatic rings. The summed E-state index contributed by atoms with van der Waals surface area (Å²) in [5.74, 6) is 1.22. The van der Waals surface area contributed by atoms with Crippen LogP contribution in [0.25, 0.3) is 11.3 Å². The van der Waals surface area contributed by atoms with Gasteiger partial charge in [0.2, 0.25) is 6.79 Å². The molecule has 2 aromatic heterocycles. The molecule has 8 heteroatoms. The lowest BCUT2D eigenvalue weighted by molar-refractivity contribution is 0.0947. The highest BCUT2D eigenvalue weighted by Crippen LogP contribution is 2.35. The smallest absolute Gasteiger partial charge is 0.269 e. The number of aromatic amines is 1. The van der Waals surface area contributed by atoms with Gasteiger partial charge in [-0.3, -0.25) is 14.6 Å². The molecule has 8 nitrogen and oxygen atoms in total. The first kappa shape index (κ1) is 15.3. The molecule has 0 saturated carbocycles. The Bertz CT molecular complexity index is 872. The number of amides is 1. The van der Waals surface area contributed by atoms with E-state index in [4.69, 9.17) is 9.47 Å². The molecule has 0 bridgehead atoms. The fourth-order valence-corrected chi connectivity index (χ4v) is 2.61. The number of nitrogens with one attached hydrogen (secondary N) is 2. The van der Waals surface area contributed by atoms with Gasteiger partial charge in [-0.2, -0.15) is 10.2 Å². The van der Waals surface area contributed by atoms with E-state index < -0.39 is 0 Å². The first-order chi connectivity index (χ1) is 12.3. The Hall–Kier alpha value is -3.29. The number of H-pyrrole nitrogens is 1. The van der Waals surface area contributed by atoms with Crippen LogP contribution < -0.4 is 14.8 Å². The van der Waals surface area contributed by atoms with Crippen LogP contribution in [0.2, 0.25) is 0 Å². The van der Waals surface area contributed by atoms with Gasteiger partial charge in [0, 0.05) is 31.0 Å². The zero-order chi connectivity index (χ0) is 17.1. The highest BCUT2D eigenvalue weighted by atomic mass is 16.7. The van der Waals surface area contributed by atoms with Gasteiger partial charge in [0.1, 0.15) is 5.69 Å². The third-order valence-corrected chi connectivity index (χ3v) is 3.90. The normalized spacial score (nSPS) is 12.3. The summed E-state index contributed by atoms with van der Waals surface area (Å²) in [4.78, 5) is 12.2. The maximum absolute atomic E-state index is 12.2. The monoisotopic (exact) mass is 339 g/mol. The first-order valence-corrected chi connectivity index (χ1v) is 8.01. The SMILES string of the molecule is O=C(NCCCn1cccn1)c1cc(-c2ccc3c(c2)OCO3)n[nH]1. The van der Waals surface area contributed by atoms with Gasteiger partial charge in [-0.05, 0) is 36.8 Å². The molecule has 0 aliphatic carbocycles. The fourth-order valence-electron chi connectivity index (χ4n) is 2.61. The molecule has 0 radical (unpaired) electrons. The molecule has 2 N–H and O–H groups in total. The lowest BCUT2D eigenvalue weighted by Gasteiger charge is -2.03. The number of nitrogens with zero attached hydrogens (tertiary/aromatic N) is 3. The van der Waals surface area contributed by atoms with Crippen LogP contribution in [0.3, 0.4) is 0 Å². The molecule has 3 heterocycles. The number of rotatable bonds is 6. The van der Waals surface area contributed by atoms with Crippen LogP contribution in [0.1, 0.15) is 16.9 Å². The lowest BCUT2D eigenvalue weighted by Crippen LogP contribution is -2.25. The predicted molar refractivity (Wildman–Crippen MR) is 89.3 cm³/mol. The molecule has 0 unspecified atom stereocenters. The minimum atomic E-state index is -0.181. The number of carbonyl (C=O) groups is 1. The van der Waals surface area contributed by atoms with Gasteiger partial charge in [0.25, 0.3) is 5.91 Å². The van der Waals surface area contributed by atoms with E-state index in [0.29, 0.717) is 23.7 Å². The third kappa shape index (κ3) is 3.32. The minimum Gasteiger partial charge on any atom is -0.454 e. The number of hydrogen-bond acceptors (Lipinski definition) is 5. The van der Waals surface area contributed by atoms with Crippen LogP contribution in [0.5, 0.6) is 11.5 Å². The number of aryl methyl sites for hydroxylation is 1. The second kappa shape index (κ2) is 6.68. The molecule has 128 valence electrons. The van der Waals surface area contributed by atoms with Crippen molar-refractivity contribution < 1.29 is 14.3 Å². The van der Waals surface area contributed by atoms with E-state index in [9.17, 15) is 4.79 Å². The Balaban J connectivity index is 1.35. The van der Waals surface area contributed by atoms with Gasteiger partial charge in [0.15, 0.2) is 11.5 Å². The zero-order valence-corrected chi connectivity index (χ0v) is 13.4. The number of carbonyl (C=O) groups excluding carboxylic acids is 1. The molecule has 4 rings (SSSR count). The van der Waals surface area contributed by atoms with Crippen molar-refractivity contribution in [1.82, 2.24) is 25.3 Å². The summed E-state index contributed by atoms with van der Waals surface area (Å²) in [5.41, 5.74) is 1.96. The number of aromatic nitrogens is 4. The second-order valence-corrected chi connectivity index (χ2v) is 5.61. The summed E-state index contributed by atoms with van der Waals surface area (Å²) < 4.78 is 12.5. The van der Waals surface area contributed by atoms with Gasteiger partial charge in [-0.25, -0.2) is 0 Å². The van der Waals surface area contributed by atoms with Gasteiger partial charge in [-0.15, -0.1) is 0 Å². The molecule has 0 fully saturated rings. The standard InChI is InChI=1S/C17H17N5O3/c23-17(18-5-1-7-22-8-2-6-19-22)14-10-13(20-21-14)12-3-4-15-16(9-12)25-11-24-15/h2-4,6,8-10H,1,5,7,11H2,(H,18,23)(H,20,21). The Morgan fingerprint density at radius 3 is 3.08 bits per heavy atom. The number of fused-ring (bicyclic) bond motifs is 1. The molecule has 0 saturated heterocycles. The van der Waals surface area contributed by atoms with Crippen molar-refractivity contribution >= 4 is 5.91 Å². The predicted octanol–water partition coefficient (Wildman–Crippen LogP) is 1.82. The summed E-state index contributed by atoms with van der Waals surface area (Å²) >= 11 is 0. The van der Waals surface area contributed by atoms with Gasteiger partial charge in [0.05, 0.1) is 5.69 Å². The largest absolute Gasteiger partial charge is 0.454 e. The molecule has 25 heavy (non-hydrogen) atoms. The van der Waals surface area contributed by atoms with E-state index in [2.05, 4.69) is 20.6 Å². The Morgan fingerprint density at radius 1 is 1.28 bits per heavy atom. The summed E-state index contributed by atoms with van der Waals surface area (Å²) in [7, 11) is 0. The topological polar surface area (TPSA) is 94.1 Å². The average molecular weight is 339 g/mol. The number of ether oxygens (including phenoxy) is 2. The van der Waals surface area contributed by atoms with E-state index in [-0.39, 0.29) is 12.7 Å². The van der Waals surface area contributed by atoms with E-state index >= 15 is 0 Å². The second-order valence-electron chi connectivity index (χ2n) is 5.61. The van der Waals surface area contributed by atoms with E-state index in [1.54, 1.807) is 12.3 Å². The quantitative estimate of drug-likeness (QED) is 0.668. The van der Waals surface area contributed by atoms with E-state index in [1.165, 1.54) is 0 Å². The molecule has 1 aliphatic rings. The van der Waals surface area contributed by atoms with E-state index in [1.807, 2.05) is 35.1 Å². The lowest BCUT2D eigenvalue weighted by atomic mass is 10.1.